The van der Waals surface area contributed by atoms with Gasteiger partial charge in [-0.2, -0.15) is 5.26 Å². The van der Waals surface area contributed by atoms with Crippen molar-refractivity contribution in [2.75, 3.05) is 26.2 Å². The molecule has 0 unspecified atom stereocenters. The van der Waals surface area contributed by atoms with Crippen LogP contribution in [0.1, 0.15) is 83.5 Å². The van der Waals surface area contributed by atoms with Gasteiger partial charge in [0, 0.05) is 37.8 Å². The molecule has 3 aliphatic rings. The second-order valence-electron chi connectivity index (χ2n) is 12.7. The molecule has 4 rings (SSSR count). The average molecular weight is 522 g/mol. The second kappa shape index (κ2) is 11.2. The third-order valence-corrected chi connectivity index (χ3v) is 7.80. The van der Waals surface area contributed by atoms with Gasteiger partial charge in [-0.25, -0.2) is 4.98 Å². The minimum Gasteiger partial charge on any atom is -0.346 e. The van der Waals surface area contributed by atoms with Crippen molar-refractivity contribution in [2.45, 2.75) is 85.2 Å². The molecule has 0 spiro atoms. The number of ether oxygens (including phenoxy) is 2. The van der Waals surface area contributed by atoms with Crippen molar-refractivity contribution in [1.82, 2.24) is 20.2 Å². The molecule has 2 aliphatic heterocycles. The maximum Gasteiger partial charge on any atom is 0.287 e. The van der Waals surface area contributed by atoms with Crippen LogP contribution in [0.25, 0.3) is 0 Å². The van der Waals surface area contributed by atoms with Crippen LogP contribution in [0.2, 0.25) is 0 Å². The molecule has 1 aromatic heterocycles. The van der Waals surface area contributed by atoms with Gasteiger partial charge < -0.3 is 19.8 Å². The van der Waals surface area contributed by atoms with Crippen molar-refractivity contribution in [1.29, 1.82) is 5.26 Å². The van der Waals surface area contributed by atoms with E-state index in [9.17, 15) is 4.79 Å². The number of carbonyl (C=O) groups is 1. The number of fused-ring (bicyclic) bond motifs is 1. The van der Waals surface area contributed by atoms with Crippen LogP contribution in [0.3, 0.4) is 0 Å². The number of nitrogens with zero attached hydrogens (tertiary/aromatic N) is 3. The first-order valence-corrected chi connectivity index (χ1v) is 13.7. The summed E-state index contributed by atoms with van der Waals surface area (Å²) in [6.45, 7) is 16.2. The number of nitriles is 1. The lowest BCUT2D eigenvalue weighted by atomic mass is 9.77. The highest BCUT2D eigenvalue weighted by Gasteiger charge is 2.47. The molecule has 206 valence electrons. The van der Waals surface area contributed by atoms with Gasteiger partial charge in [0.2, 0.25) is 0 Å². The third-order valence-electron chi connectivity index (χ3n) is 7.80. The highest BCUT2D eigenvalue weighted by atomic mass is 16.8. The lowest BCUT2D eigenvalue weighted by Gasteiger charge is -2.33. The lowest BCUT2D eigenvalue weighted by molar-refractivity contribution is -0.156. The summed E-state index contributed by atoms with van der Waals surface area (Å²) in [5.74, 6) is -0.684. The lowest BCUT2D eigenvalue weighted by Crippen LogP contribution is -2.37. The largest absolute Gasteiger partial charge is 0.346 e. The molecule has 0 aromatic carbocycles. The average Bonchev–Trinajstić information content (AvgIpc) is 3.51. The zero-order chi connectivity index (χ0) is 27.6. The fraction of sp³-hybridized carbons (Fsp3) is 0.633. The minimum absolute atomic E-state index is 0.105. The van der Waals surface area contributed by atoms with E-state index in [1.807, 2.05) is 26.0 Å². The standard InChI is InChI=1S/C30H43N5O3/c1-28(2)13-11-21(12-14-28)9-10-22(8-7-15-32-27(36)26-33-17-23(16-31)34-26)29(3,4)20-35-18-24-25(19-35)38-30(5,6)37-24/h7-8,10-11,17,24-25H,9,12-15,18-20H2,1-6H3,(H,32,36)(H,33,34)/b8-7-,22-10+/t24-,25+. The summed E-state index contributed by atoms with van der Waals surface area (Å²) in [5, 5.41) is 11.8. The SMILES string of the molecule is CC1(C)CC=C(C/C=C(\C=C/CNC(=O)c2nc(C#N)c[nH]2)C(C)(C)CN2C[C@@H]3OC(C)(C)O[C@@H]3C2)CC1. The van der Waals surface area contributed by atoms with Crippen LogP contribution in [0.5, 0.6) is 0 Å². The van der Waals surface area contributed by atoms with Gasteiger partial charge >= 0.3 is 0 Å². The second-order valence-corrected chi connectivity index (χ2v) is 12.7. The highest BCUT2D eigenvalue weighted by molar-refractivity contribution is 5.90. The Morgan fingerprint density at radius 1 is 1.29 bits per heavy atom. The maximum atomic E-state index is 12.4. The molecule has 38 heavy (non-hydrogen) atoms. The summed E-state index contributed by atoms with van der Waals surface area (Å²) in [6.07, 6.45) is 15.0. The summed E-state index contributed by atoms with van der Waals surface area (Å²) in [5.41, 5.74) is 3.24. The molecule has 8 heteroatoms. The fourth-order valence-corrected chi connectivity index (χ4v) is 5.62. The monoisotopic (exact) mass is 521 g/mol. The van der Waals surface area contributed by atoms with Crippen LogP contribution in [0, 0.1) is 22.2 Å². The first kappa shape index (κ1) is 28.3. The molecule has 0 bridgehead atoms. The van der Waals surface area contributed by atoms with Crippen LogP contribution in [-0.4, -0.2) is 64.9 Å². The van der Waals surface area contributed by atoms with E-state index in [1.54, 1.807) is 0 Å². The first-order chi connectivity index (χ1) is 17.9. The number of nitrogens with one attached hydrogen (secondary N) is 2. The Bertz CT molecular complexity index is 1130. The number of aromatic amines is 1. The predicted molar refractivity (Wildman–Crippen MR) is 147 cm³/mol. The van der Waals surface area contributed by atoms with Gasteiger partial charge in [-0.05, 0) is 50.5 Å². The van der Waals surface area contributed by atoms with Gasteiger partial charge in [-0.15, -0.1) is 0 Å². The molecule has 1 amide bonds. The molecular weight excluding hydrogens is 478 g/mol. The number of carbonyl (C=O) groups excluding carboxylic acids is 1. The van der Waals surface area contributed by atoms with Gasteiger partial charge in [0.15, 0.2) is 17.3 Å². The van der Waals surface area contributed by atoms with Crippen LogP contribution in [0.15, 0.2) is 41.6 Å². The maximum absolute atomic E-state index is 12.4. The topological polar surface area (TPSA) is 103 Å². The molecular formula is C30H43N5O3. The van der Waals surface area contributed by atoms with E-state index in [4.69, 9.17) is 14.7 Å². The van der Waals surface area contributed by atoms with E-state index in [2.05, 4.69) is 66.1 Å². The van der Waals surface area contributed by atoms with Crippen molar-refractivity contribution in [2.24, 2.45) is 10.8 Å². The Kier molecular flexibility index (Phi) is 8.32. The molecule has 0 saturated carbocycles. The van der Waals surface area contributed by atoms with Gasteiger partial charge in [0.05, 0.1) is 0 Å². The predicted octanol–water partition coefficient (Wildman–Crippen LogP) is 4.88. The van der Waals surface area contributed by atoms with Crippen molar-refractivity contribution < 1.29 is 14.3 Å². The van der Waals surface area contributed by atoms with Crippen LogP contribution < -0.4 is 5.32 Å². The number of allylic oxidation sites excluding steroid dienone is 4. The Labute approximate surface area is 227 Å². The van der Waals surface area contributed by atoms with Gasteiger partial charge in [0.25, 0.3) is 5.91 Å². The van der Waals surface area contributed by atoms with E-state index < -0.39 is 5.79 Å². The molecule has 2 saturated heterocycles. The molecule has 8 nitrogen and oxygen atoms in total. The number of hydrogen-bond donors (Lipinski definition) is 2. The van der Waals surface area contributed by atoms with E-state index in [-0.39, 0.29) is 35.0 Å². The molecule has 1 aliphatic carbocycles. The van der Waals surface area contributed by atoms with Gasteiger partial charge in [-0.3, -0.25) is 9.69 Å². The zero-order valence-corrected chi connectivity index (χ0v) is 23.8. The van der Waals surface area contributed by atoms with Crippen molar-refractivity contribution in [3.05, 3.63) is 53.2 Å². The number of hydrogen-bond acceptors (Lipinski definition) is 6. The summed E-state index contributed by atoms with van der Waals surface area (Å²) in [4.78, 5) is 21.5. The molecule has 2 N–H and O–H groups in total. The number of rotatable bonds is 9. The Morgan fingerprint density at radius 2 is 2.00 bits per heavy atom. The zero-order valence-electron chi connectivity index (χ0n) is 23.8. The van der Waals surface area contributed by atoms with Crippen LogP contribution >= 0.6 is 0 Å². The molecule has 1 aromatic rings. The normalized spacial score (nSPS) is 25.3. The van der Waals surface area contributed by atoms with Crippen LogP contribution in [-0.2, 0) is 9.47 Å². The fourth-order valence-electron chi connectivity index (χ4n) is 5.62. The van der Waals surface area contributed by atoms with Crippen molar-refractivity contribution in [3.8, 4) is 6.07 Å². The third kappa shape index (κ3) is 7.22. The summed E-state index contributed by atoms with van der Waals surface area (Å²) in [6, 6.07) is 1.92. The van der Waals surface area contributed by atoms with Crippen molar-refractivity contribution in [3.63, 3.8) is 0 Å². The number of H-pyrrole nitrogens is 1. The Hall–Kier alpha value is -2.73. The summed E-state index contributed by atoms with van der Waals surface area (Å²) in [7, 11) is 0. The molecule has 3 heterocycles. The summed E-state index contributed by atoms with van der Waals surface area (Å²) >= 11 is 0. The number of imidazole rings is 1. The van der Waals surface area contributed by atoms with Crippen molar-refractivity contribution >= 4 is 5.91 Å². The van der Waals surface area contributed by atoms with Gasteiger partial charge in [-0.1, -0.05) is 57.6 Å². The smallest absolute Gasteiger partial charge is 0.287 e. The van der Waals surface area contributed by atoms with Gasteiger partial charge in [0.1, 0.15) is 18.3 Å². The molecule has 2 fully saturated rings. The number of amides is 1. The van der Waals surface area contributed by atoms with E-state index in [0.29, 0.717) is 12.0 Å². The van der Waals surface area contributed by atoms with E-state index in [0.717, 1.165) is 38.9 Å². The Balaban J connectivity index is 1.41. The Morgan fingerprint density at radius 3 is 2.61 bits per heavy atom. The number of likely N-dealkylation sites (tertiary alicyclic amines) is 1. The quantitative estimate of drug-likeness (QED) is 0.355. The highest BCUT2D eigenvalue weighted by Crippen LogP contribution is 2.38. The minimum atomic E-state index is -0.497. The first-order valence-electron chi connectivity index (χ1n) is 13.7. The molecule has 0 radical (unpaired) electrons. The number of aromatic nitrogens is 2. The van der Waals surface area contributed by atoms with E-state index in [1.165, 1.54) is 23.8 Å². The molecule has 2 atom stereocenters. The summed E-state index contributed by atoms with van der Waals surface area (Å²) < 4.78 is 12.2. The van der Waals surface area contributed by atoms with Crippen LogP contribution in [0.4, 0.5) is 0 Å². The van der Waals surface area contributed by atoms with E-state index >= 15 is 0 Å².